The molecule has 1 heterocycles. The third kappa shape index (κ3) is 2.23. The summed E-state index contributed by atoms with van der Waals surface area (Å²) in [5.74, 6) is -0.407. The van der Waals surface area contributed by atoms with Crippen LogP contribution in [0.3, 0.4) is 0 Å². The van der Waals surface area contributed by atoms with Crippen LogP contribution in [-0.2, 0) is 4.74 Å². The molecule has 1 aromatic heterocycles. The molecule has 0 aliphatic heterocycles. The van der Waals surface area contributed by atoms with Crippen LogP contribution in [0.4, 0.5) is 5.69 Å². The Bertz CT molecular complexity index is 541. The molecule has 2 aromatic rings. The molecule has 1 aromatic carbocycles. The van der Waals surface area contributed by atoms with Gasteiger partial charge in [-0.15, -0.1) is 0 Å². The Hall–Kier alpha value is -2.43. The standard InChI is InChI=1S/C12H11N3O2/c1-17-12(16)8-2-3-10(13)9(6-8)11-7-14-4-5-15-11/h2-7H,13H2,1H3. The van der Waals surface area contributed by atoms with Gasteiger partial charge in [-0.3, -0.25) is 9.97 Å². The lowest BCUT2D eigenvalue weighted by Gasteiger charge is -2.06. The molecule has 2 rings (SSSR count). The van der Waals surface area contributed by atoms with Crippen LogP contribution in [-0.4, -0.2) is 23.0 Å². The van der Waals surface area contributed by atoms with Gasteiger partial charge in [-0.25, -0.2) is 4.79 Å². The first-order chi connectivity index (χ1) is 8.22. The van der Waals surface area contributed by atoms with Crippen LogP contribution in [0.15, 0.2) is 36.8 Å². The lowest BCUT2D eigenvalue weighted by molar-refractivity contribution is 0.0601. The highest BCUT2D eigenvalue weighted by molar-refractivity contribution is 5.92. The van der Waals surface area contributed by atoms with Crippen molar-refractivity contribution in [1.29, 1.82) is 0 Å². The first-order valence-corrected chi connectivity index (χ1v) is 4.96. The molecule has 17 heavy (non-hydrogen) atoms. The molecule has 0 aliphatic rings. The summed E-state index contributed by atoms with van der Waals surface area (Å²) in [5.41, 5.74) is 8.10. The second kappa shape index (κ2) is 4.61. The van der Waals surface area contributed by atoms with E-state index in [0.717, 1.165) is 0 Å². The fourth-order valence-corrected chi connectivity index (χ4v) is 1.46. The normalized spacial score (nSPS) is 9.94. The summed E-state index contributed by atoms with van der Waals surface area (Å²) in [5, 5.41) is 0. The summed E-state index contributed by atoms with van der Waals surface area (Å²) in [6.07, 6.45) is 4.73. The van der Waals surface area contributed by atoms with Gasteiger partial charge in [0.25, 0.3) is 0 Å². The number of hydrogen-bond donors (Lipinski definition) is 1. The Morgan fingerprint density at radius 1 is 1.35 bits per heavy atom. The Balaban J connectivity index is 2.50. The van der Waals surface area contributed by atoms with Crippen molar-refractivity contribution in [2.45, 2.75) is 0 Å². The number of aromatic nitrogens is 2. The van der Waals surface area contributed by atoms with Gasteiger partial charge in [-0.2, -0.15) is 0 Å². The molecule has 0 unspecified atom stereocenters. The molecule has 5 heteroatoms. The van der Waals surface area contributed by atoms with Gasteiger partial charge in [0.15, 0.2) is 0 Å². The van der Waals surface area contributed by atoms with E-state index in [9.17, 15) is 4.79 Å². The van der Waals surface area contributed by atoms with Gasteiger partial charge < -0.3 is 10.5 Å². The number of rotatable bonds is 2. The van der Waals surface area contributed by atoms with E-state index < -0.39 is 5.97 Å². The molecule has 0 fully saturated rings. The highest BCUT2D eigenvalue weighted by atomic mass is 16.5. The van der Waals surface area contributed by atoms with Gasteiger partial charge >= 0.3 is 5.97 Å². The van der Waals surface area contributed by atoms with Gasteiger partial charge in [-0.1, -0.05) is 0 Å². The van der Waals surface area contributed by atoms with E-state index in [4.69, 9.17) is 5.73 Å². The Kier molecular flexibility index (Phi) is 3.00. The maximum atomic E-state index is 11.4. The van der Waals surface area contributed by atoms with Gasteiger partial charge in [0, 0.05) is 23.6 Å². The number of hydrogen-bond acceptors (Lipinski definition) is 5. The number of ether oxygens (including phenoxy) is 1. The predicted octanol–water partition coefficient (Wildman–Crippen LogP) is 1.51. The molecule has 0 saturated heterocycles. The second-order valence-corrected chi connectivity index (χ2v) is 3.38. The summed E-state index contributed by atoms with van der Waals surface area (Å²) in [4.78, 5) is 19.5. The number of nitrogen functional groups attached to an aromatic ring is 1. The fourth-order valence-electron chi connectivity index (χ4n) is 1.46. The van der Waals surface area contributed by atoms with Crippen molar-refractivity contribution < 1.29 is 9.53 Å². The van der Waals surface area contributed by atoms with Crippen molar-refractivity contribution in [3.05, 3.63) is 42.4 Å². The molecule has 0 spiro atoms. The van der Waals surface area contributed by atoms with Gasteiger partial charge in [0.1, 0.15) is 0 Å². The minimum atomic E-state index is -0.407. The number of benzene rings is 1. The Morgan fingerprint density at radius 2 is 2.18 bits per heavy atom. The zero-order valence-corrected chi connectivity index (χ0v) is 9.25. The van der Waals surface area contributed by atoms with Gasteiger partial charge in [0.2, 0.25) is 0 Å². The van der Waals surface area contributed by atoms with Crippen LogP contribution >= 0.6 is 0 Å². The second-order valence-electron chi connectivity index (χ2n) is 3.38. The smallest absolute Gasteiger partial charge is 0.337 e. The molecular weight excluding hydrogens is 218 g/mol. The third-order valence-corrected chi connectivity index (χ3v) is 2.31. The molecule has 2 N–H and O–H groups in total. The molecule has 5 nitrogen and oxygen atoms in total. The number of carbonyl (C=O) groups is 1. The van der Waals surface area contributed by atoms with Crippen LogP contribution in [0.2, 0.25) is 0 Å². The minimum absolute atomic E-state index is 0.407. The first-order valence-electron chi connectivity index (χ1n) is 4.96. The molecule has 86 valence electrons. The predicted molar refractivity (Wildman–Crippen MR) is 63.2 cm³/mol. The summed E-state index contributed by atoms with van der Waals surface area (Å²) in [6, 6.07) is 4.91. The average Bonchev–Trinajstić information content (AvgIpc) is 2.39. The molecule has 0 saturated carbocycles. The third-order valence-electron chi connectivity index (χ3n) is 2.31. The number of methoxy groups -OCH3 is 1. The Morgan fingerprint density at radius 3 is 2.82 bits per heavy atom. The molecule has 0 radical (unpaired) electrons. The minimum Gasteiger partial charge on any atom is -0.465 e. The van der Waals surface area contributed by atoms with Crippen LogP contribution in [0, 0.1) is 0 Å². The molecule has 0 aliphatic carbocycles. The lowest BCUT2D eigenvalue weighted by atomic mass is 10.1. The largest absolute Gasteiger partial charge is 0.465 e. The molecule has 0 atom stereocenters. The monoisotopic (exact) mass is 229 g/mol. The van der Waals surface area contributed by atoms with Crippen LogP contribution in [0.25, 0.3) is 11.3 Å². The van der Waals surface area contributed by atoms with E-state index in [0.29, 0.717) is 22.5 Å². The van der Waals surface area contributed by atoms with Crippen LogP contribution in [0.1, 0.15) is 10.4 Å². The van der Waals surface area contributed by atoms with E-state index in [1.54, 1.807) is 36.8 Å². The molecular formula is C12H11N3O2. The van der Waals surface area contributed by atoms with Crippen LogP contribution in [0.5, 0.6) is 0 Å². The van der Waals surface area contributed by atoms with E-state index in [-0.39, 0.29) is 0 Å². The number of anilines is 1. The summed E-state index contributed by atoms with van der Waals surface area (Å²) in [7, 11) is 1.33. The van der Waals surface area contributed by atoms with E-state index in [1.807, 2.05) is 0 Å². The fraction of sp³-hybridized carbons (Fsp3) is 0.0833. The summed E-state index contributed by atoms with van der Waals surface area (Å²) >= 11 is 0. The topological polar surface area (TPSA) is 78.1 Å². The number of carbonyl (C=O) groups excluding carboxylic acids is 1. The van der Waals surface area contributed by atoms with Crippen molar-refractivity contribution in [2.24, 2.45) is 0 Å². The zero-order valence-electron chi connectivity index (χ0n) is 9.25. The van der Waals surface area contributed by atoms with E-state index >= 15 is 0 Å². The van der Waals surface area contributed by atoms with E-state index in [1.165, 1.54) is 7.11 Å². The zero-order chi connectivity index (χ0) is 12.3. The van der Waals surface area contributed by atoms with Gasteiger partial charge in [-0.05, 0) is 18.2 Å². The highest BCUT2D eigenvalue weighted by Crippen LogP contribution is 2.24. The number of esters is 1. The van der Waals surface area contributed by atoms with Gasteiger partial charge in [0.05, 0.1) is 24.6 Å². The van der Waals surface area contributed by atoms with Crippen molar-refractivity contribution in [3.63, 3.8) is 0 Å². The van der Waals surface area contributed by atoms with Crippen LogP contribution < -0.4 is 5.73 Å². The van der Waals surface area contributed by atoms with Crippen molar-refractivity contribution in [3.8, 4) is 11.3 Å². The number of nitrogens with two attached hydrogens (primary N) is 1. The van der Waals surface area contributed by atoms with Crippen molar-refractivity contribution in [2.75, 3.05) is 12.8 Å². The summed E-state index contributed by atoms with van der Waals surface area (Å²) in [6.45, 7) is 0. The molecule has 0 amide bonds. The maximum absolute atomic E-state index is 11.4. The SMILES string of the molecule is COC(=O)c1ccc(N)c(-c2cnccn2)c1. The van der Waals surface area contributed by atoms with Crippen molar-refractivity contribution >= 4 is 11.7 Å². The first kappa shape index (κ1) is 11.1. The number of nitrogens with zero attached hydrogens (tertiary/aromatic N) is 2. The van der Waals surface area contributed by atoms with Crippen molar-refractivity contribution in [1.82, 2.24) is 9.97 Å². The summed E-state index contributed by atoms with van der Waals surface area (Å²) < 4.78 is 4.65. The quantitative estimate of drug-likeness (QED) is 0.623. The average molecular weight is 229 g/mol. The molecule has 0 bridgehead atoms. The Labute approximate surface area is 98.3 Å². The maximum Gasteiger partial charge on any atom is 0.337 e. The lowest BCUT2D eigenvalue weighted by Crippen LogP contribution is -2.02. The highest BCUT2D eigenvalue weighted by Gasteiger charge is 2.10. The van der Waals surface area contributed by atoms with E-state index in [2.05, 4.69) is 14.7 Å².